The summed E-state index contributed by atoms with van der Waals surface area (Å²) in [5.41, 5.74) is 1.05. The number of rotatable bonds is 6. The van der Waals surface area contributed by atoms with Crippen molar-refractivity contribution in [1.29, 1.82) is 0 Å². The molecule has 0 unspecified atom stereocenters. The fourth-order valence-electron chi connectivity index (χ4n) is 3.89. The fourth-order valence-corrected chi connectivity index (χ4v) is 6.70. The minimum atomic E-state index is -3.53. The van der Waals surface area contributed by atoms with E-state index in [0.717, 1.165) is 12.8 Å². The highest BCUT2D eigenvalue weighted by molar-refractivity contribution is 8.00. The second kappa shape index (κ2) is 8.90. The van der Waals surface area contributed by atoms with E-state index in [1.807, 2.05) is 36.0 Å². The van der Waals surface area contributed by atoms with Gasteiger partial charge in [0.1, 0.15) is 0 Å². The maximum atomic E-state index is 12.7. The van der Waals surface area contributed by atoms with Crippen LogP contribution in [-0.4, -0.2) is 37.0 Å². The van der Waals surface area contributed by atoms with Gasteiger partial charge in [-0.2, -0.15) is 4.31 Å². The van der Waals surface area contributed by atoms with Gasteiger partial charge in [0.2, 0.25) is 10.0 Å². The topological polar surface area (TPSA) is 66.5 Å². The third-order valence-corrected chi connectivity index (χ3v) is 8.76. The van der Waals surface area contributed by atoms with Crippen molar-refractivity contribution in [2.75, 3.05) is 18.4 Å². The summed E-state index contributed by atoms with van der Waals surface area (Å²) in [5.74, 6) is -0.306. The molecule has 1 aliphatic carbocycles. The van der Waals surface area contributed by atoms with Crippen LogP contribution < -0.4 is 5.32 Å². The van der Waals surface area contributed by atoms with Crippen LogP contribution in [0.1, 0.15) is 48.9 Å². The van der Waals surface area contributed by atoms with Crippen LogP contribution in [0.25, 0.3) is 0 Å². The second-order valence-electron chi connectivity index (χ2n) is 7.64. The number of hydrogen-bond acceptors (Lipinski definition) is 4. The van der Waals surface area contributed by atoms with Gasteiger partial charge in [-0.05, 0) is 68.1 Å². The number of nitrogens with zero attached hydrogens (tertiary/aromatic N) is 1. The molecule has 1 N–H and O–H groups in total. The number of nitrogens with one attached hydrogen (secondary N) is 1. The van der Waals surface area contributed by atoms with Crippen molar-refractivity contribution in [2.24, 2.45) is 0 Å². The summed E-state index contributed by atoms with van der Waals surface area (Å²) in [7, 11) is -3.53. The van der Waals surface area contributed by atoms with Gasteiger partial charge in [0.15, 0.2) is 0 Å². The predicted octanol–water partition coefficient (Wildman–Crippen LogP) is 4.76. The summed E-state index contributed by atoms with van der Waals surface area (Å²) in [4.78, 5) is 14.0. The molecule has 0 atom stereocenters. The van der Waals surface area contributed by atoms with Gasteiger partial charge in [-0.1, -0.05) is 18.9 Å². The van der Waals surface area contributed by atoms with Crippen LogP contribution in [0, 0.1) is 0 Å². The van der Waals surface area contributed by atoms with Gasteiger partial charge in [-0.3, -0.25) is 4.79 Å². The summed E-state index contributed by atoms with van der Waals surface area (Å²) in [6, 6.07) is 14.2. The quantitative estimate of drug-likeness (QED) is 0.718. The van der Waals surface area contributed by atoms with Crippen LogP contribution in [0.15, 0.2) is 58.3 Å². The molecule has 2 aromatic carbocycles. The van der Waals surface area contributed by atoms with E-state index in [1.54, 1.807) is 18.2 Å². The van der Waals surface area contributed by atoms with Gasteiger partial charge < -0.3 is 5.32 Å². The molecule has 1 amide bonds. The fraction of sp³-hybridized carbons (Fsp3) is 0.409. The molecule has 5 nitrogen and oxygen atoms in total. The van der Waals surface area contributed by atoms with Gasteiger partial charge >= 0.3 is 0 Å². The summed E-state index contributed by atoms with van der Waals surface area (Å²) < 4.78 is 27.0. The van der Waals surface area contributed by atoms with Gasteiger partial charge in [-0.15, -0.1) is 11.8 Å². The maximum absolute atomic E-state index is 12.7. The number of hydrogen-bond donors (Lipinski definition) is 1. The van der Waals surface area contributed by atoms with Crippen LogP contribution in [0.4, 0.5) is 5.69 Å². The molecule has 0 aromatic heterocycles. The Bertz CT molecular complexity index is 962. The molecule has 0 bridgehead atoms. The van der Waals surface area contributed by atoms with Gasteiger partial charge in [-0.25, -0.2) is 8.42 Å². The third-order valence-electron chi connectivity index (χ3n) is 5.52. The van der Waals surface area contributed by atoms with Crippen molar-refractivity contribution >= 4 is 33.4 Å². The predicted molar refractivity (Wildman–Crippen MR) is 117 cm³/mol. The minimum Gasteiger partial charge on any atom is -0.322 e. The lowest BCUT2D eigenvalue weighted by Gasteiger charge is -2.16. The molecular formula is C22H26N2O3S2. The van der Waals surface area contributed by atoms with Crippen LogP contribution in [-0.2, 0) is 10.0 Å². The van der Waals surface area contributed by atoms with Crippen molar-refractivity contribution in [2.45, 2.75) is 53.6 Å². The second-order valence-corrected chi connectivity index (χ2v) is 11.0. The molecule has 1 aliphatic heterocycles. The Labute approximate surface area is 176 Å². The van der Waals surface area contributed by atoms with E-state index < -0.39 is 10.0 Å². The molecule has 4 rings (SSSR count). The van der Waals surface area contributed by atoms with Gasteiger partial charge in [0, 0.05) is 34.5 Å². The van der Waals surface area contributed by atoms with E-state index in [2.05, 4.69) is 5.32 Å². The normalized spacial score (nSPS) is 18.2. The zero-order valence-corrected chi connectivity index (χ0v) is 18.0. The lowest BCUT2D eigenvalue weighted by atomic mass is 10.2. The smallest absolute Gasteiger partial charge is 0.255 e. The lowest BCUT2D eigenvalue weighted by molar-refractivity contribution is 0.102. The largest absolute Gasteiger partial charge is 0.322 e. The van der Waals surface area contributed by atoms with Crippen LogP contribution in [0.3, 0.4) is 0 Å². The van der Waals surface area contributed by atoms with E-state index >= 15 is 0 Å². The van der Waals surface area contributed by atoms with Gasteiger partial charge in [0.25, 0.3) is 5.91 Å². The SMILES string of the molecule is O=C(Nc1ccc(SC2CCCC2)cc1)c1cccc(S(=O)(=O)N2CCCC2)c1. The molecule has 1 heterocycles. The first-order valence-electron chi connectivity index (χ1n) is 10.2. The first-order valence-corrected chi connectivity index (χ1v) is 12.5. The average molecular weight is 431 g/mol. The number of sulfonamides is 1. The number of amides is 1. The monoisotopic (exact) mass is 430 g/mol. The van der Waals surface area contributed by atoms with E-state index in [9.17, 15) is 13.2 Å². The minimum absolute atomic E-state index is 0.176. The van der Waals surface area contributed by atoms with E-state index in [-0.39, 0.29) is 10.8 Å². The zero-order chi connectivity index (χ0) is 20.3. The first kappa shape index (κ1) is 20.4. The highest BCUT2D eigenvalue weighted by Crippen LogP contribution is 2.35. The average Bonchev–Trinajstić information content (AvgIpc) is 3.44. The van der Waals surface area contributed by atoms with Crippen molar-refractivity contribution in [3.05, 3.63) is 54.1 Å². The Kier molecular flexibility index (Phi) is 6.27. The molecular weight excluding hydrogens is 404 g/mol. The molecule has 1 saturated carbocycles. The Morgan fingerprint density at radius 2 is 1.66 bits per heavy atom. The number of anilines is 1. The van der Waals surface area contributed by atoms with Crippen LogP contribution >= 0.6 is 11.8 Å². The highest BCUT2D eigenvalue weighted by Gasteiger charge is 2.27. The van der Waals surface area contributed by atoms with Crippen LogP contribution in [0.5, 0.6) is 0 Å². The van der Waals surface area contributed by atoms with Gasteiger partial charge in [0.05, 0.1) is 4.90 Å². The van der Waals surface area contributed by atoms with E-state index in [4.69, 9.17) is 0 Å². The van der Waals surface area contributed by atoms with Crippen molar-refractivity contribution < 1.29 is 13.2 Å². The number of carbonyl (C=O) groups excluding carboxylic acids is 1. The number of carbonyl (C=O) groups is 1. The molecule has 2 aromatic rings. The lowest BCUT2D eigenvalue weighted by Crippen LogP contribution is -2.28. The molecule has 1 saturated heterocycles. The van der Waals surface area contributed by atoms with E-state index in [1.165, 1.54) is 41.0 Å². The Morgan fingerprint density at radius 3 is 2.34 bits per heavy atom. The summed E-state index contributed by atoms with van der Waals surface area (Å²) in [5, 5.41) is 3.58. The number of thioether (sulfide) groups is 1. The third kappa shape index (κ3) is 4.85. The summed E-state index contributed by atoms with van der Waals surface area (Å²) >= 11 is 1.91. The maximum Gasteiger partial charge on any atom is 0.255 e. The molecule has 0 spiro atoms. The number of benzene rings is 2. The summed E-state index contributed by atoms with van der Waals surface area (Å²) in [6.45, 7) is 1.09. The standard InChI is InChI=1S/C22H26N2O3S2/c25-22(23-18-10-12-20(13-11-18)28-19-7-1-2-8-19)17-6-5-9-21(16-17)29(26,27)24-14-3-4-15-24/h5-6,9-13,16,19H,1-4,7-8,14-15H2,(H,23,25). The van der Waals surface area contributed by atoms with E-state index in [0.29, 0.717) is 29.6 Å². The van der Waals surface area contributed by atoms with Crippen LogP contribution in [0.2, 0.25) is 0 Å². The highest BCUT2D eigenvalue weighted by atomic mass is 32.2. The Hall–Kier alpha value is -1.83. The molecule has 154 valence electrons. The molecule has 2 aliphatic rings. The molecule has 0 radical (unpaired) electrons. The molecule has 7 heteroatoms. The first-order chi connectivity index (χ1) is 14.0. The van der Waals surface area contributed by atoms with Crippen molar-refractivity contribution in [3.8, 4) is 0 Å². The molecule has 2 fully saturated rings. The summed E-state index contributed by atoms with van der Waals surface area (Å²) in [6.07, 6.45) is 6.96. The Balaban J connectivity index is 1.43. The van der Waals surface area contributed by atoms with Crippen molar-refractivity contribution in [1.82, 2.24) is 4.31 Å². The van der Waals surface area contributed by atoms with Crippen molar-refractivity contribution in [3.63, 3.8) is 0 Å². The zero-order valence-electron chi connectivity index (χ0n) is 16.3. The Morgan fingerprint density at radius 1 is 0.966 bits per heavy atom. The molecule has 29 heavy (non-hydrogen) atoms.